The van der Waals surface area contributed by atoms with Crippen molar-refractivity contribution in [3.05, 3.63) is 28.2 Å². The van der Waals surface area contributed by atoms with Crippen LogP contribution in [0.1, 0.15) is 44.1 Å². The van der Waals surface area contributed by atoms with Crippen molar-refractivity contribution in [2.75, 3.05) is 0 Å². The number of phenolic OH excluding ortho intramolecular Hbond substituents is 1. The Morgan fingerprint density at radius 3 is 2.57 bits per heavy atom. The van der Waals surface area contributed by atoms with Crippen LogP contribution in [0, 0.1) is 0 Å². The van der Waals surface area contributed by atoms with Crippen LogP contribution in [-0.2, 0) is 6.54 Å². The summed E-state index contributed by atoms with van der Waals surface area (Å²) in [6.45, 7) is 0.518. The normalized spacial score (nSPS) is 16.9. The molecule has 1 aliphatic rings. The number of nitrogens with zero attached hydrogens (tertiary/aromatic N) is 1. The van der Waals surface area contributed by atoms with Gasteiger partial charge < -0.3 is 16.2 Å². The van der Waals surface area contributed by atoms with Crippen molar-refractivity contribution < 1.29 is 5.11 Å². The molecule has 0 spiro atoms. The second-order valence-corrected chi connectivity index (χ2v) is 6.17. The van der Waals surface area contributed by atoms with Crippen LogP contribution in [0.5, 0.6) is 5.75 Å². The van der Waals surface area contributed by atoms with E-state index in [1.165, 1.54) is 38.5 Å². The smallest absolute Gasteiger partial charge is 0.189 e. The fourth-order valence-electron chi connectivity index (χ4n) is 2.50. The minimum Gasteiger partial charge on any atom is -0.507 e. The third-order valence-electron chi connectivity index (χ3n) is 3.65. The summed E-state index contributed by atoms with van der Waals surface area (Å²) in [6, 6.07) is 5.83. The molecule has 0 heterocycles. The van der Waals surface area contributed by atoms with Crippen molar-refractivity contribution in [1.29, 1.82) is 0 Å². The molecule has 1 saturated carbocycles. The first kappa shape index (κ1) is 18.5. The van der Waals surface area contributed by atoms with Crippen LogP contribution in [0.4, 0.5) is 0 Å². The monoisotopic (exact) mass is 467 g/mol. The summed E-state index contributed by atoms with van der Waals surface area (Å²) < 4.78 is 0.681. The Labute approximate surface area is 151 Å². The summed E-state index contributed by atoms with van der Waals surface area (Å²) in [5, 5.41) is 12.8. The van der Waals surface area contributed by atoms with E-state index in [4.69, 9.17) is 5.73 Å². The lowest BCUT2D eigenvalue weighted by molar-refractivity contribution is 0.471. The highest BCUT2D eigenvalue weighted by Gasteiger charge is 2.12. The van der Waals surface area contributed by atoms with Crippen molar-refractivity contribution in [3.63, 3.8) is 0 Å². The van der Waals surface area contributed by atoms with Crippen molar-refractivity contribution in [2.45, 2.75) is 51.1 Å². The van der Waals surface area contributed by atoms with Gasteiger partial charge in [0.15, 0.2) is 5.96 Å². The van der Waals surface area contributed by atoms with Gasteiger partial charge in [-0.2, -0.15) is 0 Å². The molecule has 0 saturated heterocycles. The van der Waals surface area contributed by atoms with Crippen molar-refractivity contribution >= 4 is 45.9 Å². The van der Waals surface area contributed by atoms with E-state index in [0.29, 0.717) is 23.0 Å². The molecule has 0 atom stereocenters. The van der Waals surface area contributed by atoms with Crippen molar-refractivity contribution in [2.24, 2.45) is 10.7 Å². The molecular weight excluding hydrogens is 445 g/mol. The van der Waals surface area contributed by atoms with E-state index in [-0.39, 0.29) is 29.7 Å². The van der Waals surface area contributed by atoms with Crippen LogP contribution < -0.4 is 11.1 Å². The average Bonchev–Trinajstić information content (AvgIpc) is 2.69. The first-order valence-corrected chi connectivity index (χ1v) is 7.98. The molecule has 4 nitrogen and oxygen atoms in total. The molecule has 1 aromatic carbocycles. The van der Waals surface area contributed by atoms with E-state index in [9.17, 15) is 5.11 Å². The number of aliphatic imine (C=N–C) groups is 1. The highest BCUT2D eigenvalue weighted by molar-refractivity contribution is 14.0. The van der Waals surface area contributed by atoms with Crippen molar-refractivity contribution in [1.82, 2.24) is 5.32 Å². The van der Waals surface area contributed by atoms with Gasteiger partial charge >= 0.3 is 0 Å². The number of nitrogens with two attached hydrogens (primary N) is 1. The van der Waals surface area contributed by atoms with Gasteiger partial charge in [0, 0.05) is 6.04 Å². The van der Waals surface area contributed by atoms with Gasteiger partial charge in [0.25, 0.3) is 0 Å². The number of phenols is 1. The third kappa shape index (κ3) is 6.42. The number of halogens is 2. The lowest BCUT2D eigenvalue weighted by Gasteiger charge is -2.16. The maximum absolute atomic E-state index is 9.44. The Bertz CT molecular complexity index is 474. The van der Waals surface area contributed by atoms with Crippen LogP contribution >= 0.6 is 39.9 Å². The fraction of sp³-hybridized carbons (Fsp3) is 0.533. The number of hydrogen-bond donors (Lipinski definition) is 3. The summed E-state index contributed by atoms with van der Waals surface area (Å²) in [6.07, 6.45) is 7.57. The first-order valence-electron chi connectivity index (χ1n) is 7.19. The van der Waals surface area contributed by atoms with Gasteiger partial charge in [-0.15, -0.1) is 24.0 Å². The van der Waals surface area contributed by atoms with Gasteiger partial charge in [-0.25, -0.2) is 4.99 Å². The van der Waals surface area contributed by atoms with Crippen LogP contribution in [0.3, 0.4) is 0 Å². The van der Waals surface area contributed by atoms with E-state index < -0.39 is 0 Å². The van der Waals surface area contributed by atoms with Gasteiger partial charge in [-0.1, -0.05) is 31.7 Å². The largest absolute Gasteiger partial charge is 0.507 e. The molecule has 0 aliphatic heterocycles. The van der Waals surface area contributed by atoms with Gasteiger partial charge in [0.2, 0.25) is 0 Å². The summed E-state index contributed by atoms with van der Waals surface area (Å²) >= 11 is 3.30. The Balaban J connectivity index is 0.00000220. The summed E-state index contributed by atoms with van der Waals surface area (Å²) in [5.74, 6) is 0.753. The molecule has 1 aliphatic carbocycles. The lowest BCUT2D eigenvalue weighted by atomic mass is 10.1. The van der Waals surface area contributed by atoms with Gasteiger partial charge in [0.05, 0.1) is 11.0 Å². The minimum atomic E-state index is 0. The first-order chi connectivity index (χ1) is 9.65. The average molecular weight is 468 g/mol. The Kier molecular flexibility index (Phi) is 8.39. The Morgan fingerprint density at radius 1 is 1.29 bits per heavy atom. The van der Waals surface area contributed by atoms with Gasteiger partial charge in [-0.3, -0.25) is 0 Å². The zero-order valence-corrected chi connectivity index (χ0v) is 15.9. The quantitative estimate of drug-likeness (QED) is 0.273. The molecule has 1 aromatic rings. The predicted octanol–water partition coefficient (Wildman–Crippen LogP) is 3.90. The molecule has 1 fully saturated rings. The van der Waals surface area contributed by atoms with Gasteiger partial charge in [-0.05, 0) is 46.5 Å². The SMILES string of the molecule is I.NC(=NCc1ccc(O)c(Br)c1)NC1CCCCCC1. The zero-order valence-electron chi connectivity index (χ0n) is 12.0. The molecule has 0 unspecified atom stereocenters. The third-order valence-corrected chi connectivity index (χ3v) is 4.29. The van der Waals surface area contributed by atoms with Crippen LogP contribution in [0.15, 0.2) is 27.7 Å². The number of rotatable bonds is 3. The predicted molar refractivity (Wildman–Crippen MR) is 101 cm³/mol. The molecule has 21 heavy (non-hydrogen) atoms. The molecule has 4 N–H and O–H groups in total. The standard InChI is InChI=1S/C15H22BrN3O.HI/c16-13-9-11(7-8-14(13)20)10-18-15(17)19-12-5-3-1-2-4-6-12;/h7-9,12,20H,1-6,10H2,(H3,17,18,19);1H. The van der Waals surface area contributed by atoms with Gasteiger partial charge in [0.1, 0.15) is 5.75 Å². The second-order valence-electron chi connectivity index (χ2n) is 5.32. The summed E-state index contributed by atoms with van der Waals surface area (Å²) in [7, 11) is 0. The minimum absolute atomic E-state index is 0. The second kappa shape index (κ2) is 9.50. The number of benzene rings is 1. The lowest BCUT2D eigenvalue weighted by Crippen LogP contribution is -2.39. The number of nitrogens with one attached hydrogen (secondary N) is 1. The molecule has 0 aromatic heterocycles. The zero-order chi connectivity index (χ0) is 14.4. The van der Waals surface area contributed by atoms with E-state index >= 15 is 0 Å². The van der Waals surface area contributed by atoms with E-state index in [0.717, 1.165) is 5.56 Å². The van der Waals surface area contributed by atoms with E-state index in [1.807, 2.05) is 12.1 Å². The van der Waals surface area contributed by atoms with E-state index in [2.05, 4.69) is 26.2 Å². The van der Waals surface area contributed by atoms with Crippen molar-refractivity contribution in [3.8, 4) is 5.75 Å². The highest BCUT2D eigenvalue weighted by Crippen LogP contribution is 2.24. The molecular formula is C15H23BrIN3O. The summed E-state index contributed by atoms with van der Waals surface area (Å²) in [4.78, 5) is 4.37. The number of guanidine groups is 1. The van der Waals surface area contributed by atoms with E-state index in [1.54, 1.807) is 6.07 Å². The van der Waals surface area contributed by atoms with Crippen LogP contribution in [0.2, 0.25) is 0 Å². The fourth-order valence-corrected chi connectivity index (χ4v) is 2.93. The molecule has 6 heteroatoms. The molecule has 0 bridgehead atoms. The topological polar surface area (TPSA) is 70.6 Å². The number of aromatic hydroxyl groups is 1. The van der Waals surface area contributed by atoms with Crippen LogP contribution in [0.25, 0.3) is 0 Å². The van der Waals surface area contributed by atoms with Crippen LogP contribution in [-0.4, -0.2) is 17.1 Å². The number of hydrogen-bond acceptors (Lipinski definition) is 2. The maximum atomic E-state index is 9.44. The Hall–Kier alpha value is -0.500. The molecule has 0 amide bonds. The summed E-state index contributed by atoms with van der Waals surface area (Å²) in [5.41, 5.74) is 6.96. The Morgan fingerprint density at radius 2 is 1.95 bits per heavy atom. The molecule has 118 valence electrons. The maximum Gasteiger partial charge on any atom is 0.189 e. The molecule has 2 rings (SSSR count). The highest BCUT2D eigenvalue weighted by atomic mass is 127. The molecule has 0 radical (unpaired) electrons.